The minimum absolute atomic E-state index is 0.288. The fourth-order valence-electron chi connectivity index (χ4n) is 6.47. The number of rotatable bonds is 9. The van der Waals surface area contributed by atoms with E-state index in [2.05, 4.69) is 226 Å². The zero-order chi connectivity index (χ0) is 50.0. The highest BCUT2D eigenvalue weighted by molar-refractivity contribution is 7.79. The maximum absolute atomic E-state index is 8.30. The topological polar surface area (TPSA) is 47.7 Å². The van der Waals surface area contributed by atoms with Gasteiger partial charge in [0, 0.05) is 11.8 Å². The zero-order valence-electron chi connectivity index (χ0n) is 41.1. The van der Waals surface area contributed by atoms with Crippen LogP contribution in [0.4, 0.5) is 0 Å². The molecule has 0 saturated heterocycles. The monoisotopic (exact) mass is 891 g/mol. The van der Waals surface area contributed by atoms with Gasteiger partial charge in [0.15, 0.2) is 0 Å². The predicted octanol–water partition coefficient (Wildman–Crippen LogP) is 19.4. The first-order chi connectivity index (χ1) is 32.1. The van der Waals surface area contributed by atoms with Crippen molar-refractivity contribution in [2.24, 2.45) is 0 Å². The summed E-state index contributed by atoms with van der Waals surface area (Å²) in [6.45, 7) is 41.2. The third kappa shape index (κ3) is 17.5. The lowest BCUT2D eigenvalue weighted by atomic mass is 9.85. The van der Waals surface area contributed by atoms with Crippen molar-refractivity contribution in [1.82, 2.24) is 0 Å². The molecule has 66 heavy (non-hydrogen) atoms. The second kappa shape index (κ2) is 34.4. The van der Waals surface area contributed by atoms with Gasteiger partial charge in [-0.05, 0) is 141 Å². The van der Waals surface area contributed by atoms with Gasteiger partial charge in [-0.2, -0.15) is 12.6 Å². The summed E-state index contributed by atoms with van der Waals surface area (Å²) in [4.78, 5) is 0. The molecule has 0 heterocycles. The molecule has 0 fully saturated rings. The van der Waals surface area contributed by atoms with Crippen molar-refractivity contribution in [3.63, 3.8) is 0 Å². The van der Waals surface area contributed by atoms with Crippen LogP contribution < -0.4 is 0 Å². The summed E-state index contributed by atoms with van der Waals surface area (Å²) in [5.41, 5.74) is 11.6. The highest BCUT2D eigenvalue weighted by Gasteiger charge is 2.16. The van der Waals surface area contributed by atoms with Crippen LogP contribution in [0.15, 0.2) is 228 Å². The van der Waals surface area contributed by atoms with Crippen LogP contribution in [0.3, 0.4) is 0 Å². The maximum Gasteiger partial charge on any atom is 0.0612 e. The number of hydrogen-bond donors (Lipinski definition) is 3. The molecule has 0 aliphatic rings. The molecule has 0 bridgehead atoms. The molecule has 0 aliphatic heterocycles. The Morgan fingerprint density at radius 1 is 0.591 bits per heavy atom. The molecule has 0 saturated carbocycles. The largest absolute Gasteiger partial charge is 0.309 e. The number of allylic oxidation sites excluding steroid dienone is 8. The summed E-state index contributed by atoms with van der Waals surface area (Å²) in [6, 6.07) is 47.7. The van der Waals surface area contributed by atoms with E-state index < -0.39 is 0 Å². The van der Waals surface area contributed by atoms with Gasteiger partial charge in [0.2, 0.25) is 0 Å². The SMILES string of the molecule is C=C.C=C.C=C/C(=C\C=N)C(=N)/C=C\C(=C)c1ccc2ccc(-c3c4ccccc4c(-c4ccc(C)cc4)c4ccccc34)cc2c1.C=CC.C=CCC.CC.CS.Cc1ccccc1C. The van der Waals surface area contributed by atoms with E-state index in [1.165, 1.54) is 60.5 Å². The van der Waals surface area contributed by atoms with E-state index in [1.807, 2.05) is 32.9 Å². The lowest BCUT2D eigenvalue weighted by Gasteiger charge is -2.18. The first-order valence-corrected chi connectivity index (χ1v) is 23.0. The predicted molar refractivity (Wildman–Crippen MR) is 309 cm³/mol. The Morgan fingerprint density at radius 3 is 1.41 bits per heavy atom. The van der Waals surface area contributed by atoms with Crippen LogP contribution in [0.1, 0.15) is 56.4 Å². The highest BCUT2D eigenvalue weighted by Crippen LogP contribution is 2.44. The van der Waals surface area contributed by atoms with E-state index >= 15 is 0 Å². The molecule has 2 N–H and O–H groups in total. The van der Waals surface area contributed by atoms with Gasteiger partial charge >= 0.3 is 0 Å². The molecule has 0 amide bonds. The van der Waals surface area contributed by atoms with E-state index in [-0.39, 0.29) is 5.71 Å². The number of thiol groups is 1. The van der Waals surface area contributed by atoms with Gasteiger partial charge in [0.05, 0.1) is 5.71 Å². The van der Waals surface area contributed by atoms with E-state index in [0.717, 1.165) is 34.5 Å². The number of hydrogen-bond acceptors (Lipinski definition) is 3. The molecule has 7 aromatic rings. The molecule has 0 unspecified atom stereocenters. The van der Waals surface area contributed by atoms with Gasteiger partial charge in [0.25, 0.3) is 0 Å². The van der Waals surface area contributed by atoms with Crippen molar-refractivity contribution in [3.05, 3.63) is 250 Å². The Labute approximate surface area is 405 Å². The van der Waals surface area contributed by atoms with Gasteiger partial charge in [0.1, 0.15) is 0 Å². The lowest BCUT2D eigenvalue weighted by molar-refractivity contribution is 1.23. The fraction of sp³-hybridized carbons (Fsp3) is 0.143. The van der Waals surface area contributed by atoms with Gasteiger partial charge in [-0.15, -0.1) is 39.5 Å². The molecule has 7 rings (SSSR count). The van der Waals surface area contributed by atoms with Gasteiger partial charge in [-0.25, -0.2) is 0 Å². The molecule has 0 aromatic heterocycles. The van der Waals surface area contributed by atoms with E-state index in [9.17, 15) is 0 Å². The van der Waals surface area contributed by atoms with E-state index in [0.29, 0.717) is 5.57 Å². The Morgan fingerprint density at radius 2 is 1.00 bits per heavy atom. The minimum atomic E-state index is 0.288. The van der Waals surface area contributed by atoms with Crippen molar-refractivity contribution in [1.29, 1.82) is 10.8 Å². The van der Waals surface area contributed by atoms with Gasteiger partial charge in [-0.1, -0.05) is 185 Å². The summed E-state index contributed by atoms with van der Waals surface area (Å²) in [7, 11) is 0. The average molecular weight is 891 g/mol. The molecule has 0 atom stereocenters. The van der Waals surface area contributed by atoms with Crippen molar-refractivity contribution in [2.75, 3.05) is 6.26 Å². The van der Waals surface area contributed by atoms with Crippen molar-refractivity contribution in [3.8, 4) is 22.3 Å². The molecular formula is C63H74N2S. The number of fused-ring (bicyclic) bond motifs is 3. The van der Waals surface area contributed by atoms with E-state index in [4.69, 9.17) is 10.8 Å². The normalized spacial score (nSPS) is 9.68. The Balaban J connectivity index is 0.00000154. The fourth-order valence-corrected chi connectivity index (χ4v) is 6.47. The molecule has 7 aromatic carbocycles. The van der Waals surface area contributed by atoms with Crippen LogP contribution in [0, 0.1) is 31.6 Å². The Bertz CT molecular complexity index is 2590. The first-order valence-electron chi connectivity index (χ1n) is 22.1. The number of aryl methyl sites for hydroxylation is 3. The highest BCUT2D eigenvalue weighted by atomic mass is 32.1. The summed E-state index contributed by atoms with van der Waals surface area (Å²) in [5, 5.41) is 22.8. The van der Waals surface area contributed by atoms with Gasteiger partial charge in [-0.3, -0.25) is 0 Å². The molecule has 0 aliphatic carbocycles. The minimum Gasteiger partial charge on any atom is -0.309 e. The third-order valence-corrected chi connectivity index (χ3v) is 9.73. The molecule has 2 nitrogen and oxygen atoms in total. The van der Waals surface area contributed by atoms with Crippen LogP contribution in [0.5, 0.6) is 0 Å². The summed E-state index contributed by atoms with van der Waals surface area (Å²) < 4.78 is 0. The first kappa shape index (κ1) is 58.9. The number of nitrogens with one attached hydrogen (secondary N) is 2. The zero-order valence-corrected chi connectivity index (χ0v) is 41.9. The Hall–Kier alpha value is -7.07. The smallest absolute Gasteiger partial charge is 0.0612 e. The van der Waals surface area contributed by atoms with Gasteiger partial charge < -0.3 is 10.8 Å². The van der Waals surface area contributed by atoms with Crippen molar-refractivity contribution in [2.45, 2.75) is 54.9 Å². The summed E-state index contributed by atoms with van der Waals surface area (Å²) in [6.07, 6.45) is 14.3. The molecular weight excluding hydrogens is 817 g/mol. The molecule has 0 spiro atoms. The average Bonchev–Trinajstić information content (AvgIpc) is 3.37. The molecule has 342 valence electrons. The van der Waals surface area contributed by atoms with E-state index in [1.54, 1.807) is 30.6 Å². The quantitative estimate of drug-likeness (QED) is 0.0425. The summed E-state index contributed by atoms with van der Waals surface area (Å²) >= 11 is 3.53. The second-order valence-electron chi connectivity index (χ2n) is 13.9. The molecule has 0 radical (unpaired) electrons. The van der Waals surface area contributed by atoms with Crippen LogP contribution in [-0.2, 0) is 0 Å². The third-order valence-electron chi connectivity index (χ3n) is 9.73. The lowest BCUT2D eigenvalue weighted by Crippen LogP contribution is -1.94. The van der Waals surface area contributed by atoms with Crippen LogP contribution in [0.2, 0.25) is 0 Å². The van der Waals surface area contributed by atoms with Crippen molar-refractivity contribution >= 4 is 62.4 Å². The van der Waals surface area contributed by atoms with Crippen molar-refractivity contribution < 1.29 is 0 Å². The molecule has 3 heteroatoms. The number of benzene rings is 7. The Kier molecular flexibility index (Phi) is 30.7. The van der Waals surface area contributed by atoms with Crippen LogP contribution >= 0.6 is 12.6 Å². The van der Waals surface area contributed by atoms with Crippen LogP contribution in [0.25, 0.3) is 60.1 Å². The standard InChI is InChI=1S/C41H32N2.C8H10.C4H8.C3H6.C2H6.2C2H4.CH4S/c1-4-29(23-24-42)39(43)22-15-28(3)32-20-18-30-19-21-33(26-34(30)25-32)41-37-11-7-5-9-35(37)40(31-16-13-27(2)14-17-31)36-10-6-8-12-38(36)41;1-7-5-3-4-6-8(7)2;1-3-4-2;1-3-2;4*1-2/h4-26,42-43H,1,3H2,2H3;3-6H,1-2H3;3H,1,4H2,2H3;3H,1H2,2H3;1-2H3;2*1-2H2;2H,1H3/b22-15-,29-23+,42-24?,43-39?;;;;;;;. The van der Waals surface area contributed by atoms with Crippen LogP contribution in [-0.4, -0.2) is 18.2 Å². The maximum atomic E-state index is 8.30. The second-order valence-corrected chi connectivity index (χ2v) is 13.9. The summed E-state index contributed by atoms with van der Waals surface area (Å²) in [5.74, 6) is 0.